The van der Waals surface area contributed by atoms with Crippen molar-refractivity contribution >= 4 is 44.8 Å². The van der Waals surface area contributed by atoms with Gasteiger partial charge in [-0.05, 0) is 56.3 Å². The summed E-state index contributed by atoms with van der Waals surface area (Å²) in [6.07, 6.45) is 0. The Morgan fingerprint density at radius 3 is 2.21 bits per heavy atom. The fourth-order valence-corrected chi connectivity index (χ4v) is 3.85. The highest BCUT2D eigenvalue weighted by Gasteiger charge is 2.19. The normalized spacial score (nSPS) is 11.4. The largest absolute Gasteiger partial charge is 0.322 e. The highest BCUT2D eigenvalue weighted by Crippen LogP contribution is 2.23. The molecule has 0 heterocycles. The van der Waals surface area contributed by atoms with E-state index in [2.05, 4.69) is 10.0 Å². The molecule has 0 radical (unpaired) electrons. The second kappa shape index (κ2) is 8.72. The van der Waals surface area contributed by atoms with E-state index >= 15 is 0 Å². The lowest BCUT2D eigenvalue weighted by atomic mass is 10.2. The van der Waals surface area contributed by atoms with E-state index in [1.54, 1.807) is 45.2 Å². The molecule has 7 nitrogen and oxygen atoms in total. The van der Waals surface area contributed by atoms with Crippen molar-refractivity contribution < 1.29 is 18.0 Å². The van der Waals surface area contributed by atoms with Crippen LogP contribution in [0.5, 0.6) is 0 Å². The van der Waals surface area contributed by atoms with Crippen molar-refractivity contribution in [2.75, 3.05) is 17.3 Å². The molecule has 0 unspecified atom stereocenters. The number of sulfonamides is 1. The van der Waals surface area contributed by atoms with Gasteiger partial charge in [0.15, 0.2) is 0 Å². The number of anilines is 2. The Labute approximate surface area is 169 Å². The summed E-state index contributed by atoms with van der Waals surface area (Å²) in [7, 11) is -2.11. The minimum absolute atomic E-state index is 0.0400. The first-order chi connectivity index (χ1) is 13.0. The van der Waals surface area contributed by atoms with Crippen LogP contribution < -0.4 is 14.9 Å². The third kappa shape index (κ3) is 5.31. The van der Waals surface area contributed by atoms with E-state index in [1.807, 2.05) is 0 Å². The molecule has 0 saturated carbocycles. The smallest absolute Gasteiger partial charge is 0.257 e. The van der Waals surface area contributed by atoms with Gasteiger partial charge in [-0.1, -0.05) is 11.6 Å². The topological polar surface area (TPSA) is 95.6 Å². The fourth-order valence-electron chi connectivity index (χ4n) is 2.37. The van der Waals surface area contributed by atoms with Crippen LogP contribution >= 0.6 is 11.6 Å². The van der Waals surface area contributed by atoms with Crippen molar-refractivity contribution in [3.63, 3.8) is 0 Å². The zero-order valence-electron chi connectivity index (χ0n) is 16.0. The summed E-state index contributed by atoms with van der Waals surface area (Å²) >= 11 is 6.09. The molecule has 0 atom stereocenters. The Kier molecular flexibility index (Phi) is 6.82. The molecule has 0 aliphatic carbocycles. The molecule has 0 spiro atoms. The number of nitrogens with zero attached hydrogens (tertiary/aromatic N) is 1. The summed E-state index contributed by atoms with van der Waals surface area (Å²) in [5.74, 6) is -0.657. The van der Waals surface area contributed by atoms with Gasteiger partial charge in [0.25, 0.3) is 5.91 Å². The summed E-state index contributed by atoms with van der Waals surface area (Å²) in [5, 5.41) is 2.81. The number of hydrogen-bond donors (Lipinski definition) is 2. The molecule has 2 aromatic carbocycles. The standard InChI is InChI=1S/C19H22ClN3O4S/c1-12(2)22-28(26,27)16-9-10-18(20)17(11-16)19(25)21-14-5-7-15(8-6-14)23(4)13(3)24/h5-12,22H,1-4H3,(H,21,25). The molecule has 2 rings (SSSR count). The van der Waals surface area contributed by atoms with Gasteiger partial charge in [-0.3, -0.25) is 9.59 Å². The maximum absolute atomic E-state index is 12.6. The Morgan fingerprint density at radius 1 is 1.07 bits per heavy atom. The van der Waals surface area contributed by atoms with E-state index in [0.717, 1.165) is 0 Å². The summed E-state index contributed by atoms with van der Waals surface area (Å²) in [6.45, 7) is 4.86. The van der Waals surface area contributed by atoms with Crippen LogP contribution in [-0.2, 0) is 14.8 Å². The highest BCUT2D eigenvalue weighted by atomic mass is 35.5. The van der Waals surface area contributed by atoms with Crippen molar-refractivity contribution in [3.8, 4) is 0 Å². The van der Waals surface area contributed by atoms with Crippen molar-refractivity contribution in [1.82, 2.24) is 4.72 Å². The highest BCUT2D eigenvalue weighted by molar-refractivity contribution is 7.89. The first-order valence-corrected chi connectivity index (χ1v) is 10.3. The zero-order valence-corrected chi connectivity index (χ0v) is 17.6. The van der Waals surface area contributed by atoms with Crippen LogP contribution in [-0.4, -0.2) is 33.3 Å². The van der Waals surface area contributed by atoms with Gasteiger partial charge in [-0.25, -0.2) is 13.1 Å². The van der Waals surface area contributed by atoms with Gasteiger partial charge >= 0.3 is 0 Å². The Bertz CT molecular complexity index is 989. The van der Waals surface area contributed by atoms with Crippen molar-refractivity contribution in [2.45, 2.75) is 31.7 Å². The van der Waals surface area contributed by atoms with Gasteiger partial charge < -0.3 is 10.2 Å². The van der Waals surface area contributed by atoms with Crippen molar-refractivity contribution in [1.29, 1.82) is 0 Å². The van der Waals surface area contributed by atoms with Gasteiger partial charge in [0.2, 0.25) is 15.9 Å². The number of carbonyl (C=O) groups excluding carboxylic acids is 2. The van der Waals surface area contributed by atoms with Crippen molar-refractivity contribution in [3.05, 3.63) is 53.1 Å². The molecule has 2 amide bonds. The van der Waals surface area contributed by atoms with E-state index in [4.69, 9.17) is 11.6 Å². The maximum atomic E-state index is 12.6. The second-order valence-electron chi connectivity index (χ2n) is 6.50. The van der Waals surface area contributed by atoms with Crippen LogP contribution in [0, 0.1) is 0 Å². The Balaban J connectivity index is 2.25. The van der Waals surface area contributed by atoms with E-state index in [9.17, 15) is 18.0 Å². The summed E-state index contributed by atoms with van der Waals surface area (Å²) in [5.41, 5.74) is 1.20. The molecule has 0 saturated heterocycles. The average molecular weight is 424 g/mol. The molecule has 150 valence electrons. The molecule has 9 heteroatoms. The van der Waals surface area contributed by atoms with E-state index in [-0.39, 0.29) is 27.4 Å². The van der Waals surface area contributed by atoms with Crippen LogP contribution in [0.1, 0.15) is 31.1 Å². The average Bonchev–Trinajstić information content (AvgIpc) is 2.60. The van der Waals surface area contributed by atoms with Crippen LogP contribution in [0.2, 0.25) is 5.02 Å². The lowest BCUT2D eigenvalue weighted by molar-refractivity contribution is -0.116. The van der Waals surface area contributed by atoms with Gasteiger partial charge in [-0.15, -0.1) is 0 Å². The number of carbonyl (C=O) groups is 2. The SMILES string of the molecule is CC(=O)N(C)c1ccc(NC(=O)c2cc(S(=O)(=O)NC(C)C)ccc2Cl)cc1. The van der Waals surface area contributed by atoms with Gasteiger partial charge in [0.05, 0.1) is 15.5 Å². The lowest BCUT2D eigenvalue weighted by Crippen LogP contribution is -2.30. The molecule has 0 fully saturated rings. The zero-order chi connectivity index (χ0) is 21.1. The van der Waals surface area contributed by atoms with Crippen LogP contribution in [0.4, 0.5) is 11.4 Å². The number of rotatable bonds is 6. The molecule has 28 heavy (non-hydrogen) atoms. The third-order valence-electron chi connectivity index (χ3n) is 3.87. The number of hydrogen-bond acceptors (Lipinski definition) is 4. The Hall–Kier alpha value is -2.42. The van der Waals surface area contributed by atoms with E-state index < -0.39 is 15.9 Å². The van der Waals surface area contributed by atoms with E-state index in [0.29, 0.717) is 11.4 Å². The summed E-state index contributed by atoms with van der Waals surface area (Å²) in [4.78, 5) is 25.4. The lowest BCUT2D eigenvalue weighted by Gasteiger charge is -2.15. The molecule has 0 aromatic heterocycles. The predicted molar refractivity (Wildman–Crippen MR) is 110 cm³/mol. The van der Waals surface area contributed by atoms with Gasteiger partial charge in [0.1, 0.15) is 0 Å². The molecule has 0 aliphatic rings. The van der Waals surface area contributed by atoms with Gasteiger partial charge in [0, 0.05) is 31.4 Å². The first kappa shape index (κ1) is 21.9. The molecular formula is C19H22ClN3O4S. The number of nitrogens with one attached hydrogen (secondary N) is 2. The molecular weight excluding hydrogens is 402 g/mol. The number of benzene rings is 2. The van der Waals surface area contributed by atoms with Crippen LogP contribution in [0.15, 0.2) is 47.4 Å². The van der Waals surface area contributed by atoms with Gasteiger partial charge in [-0.2, -0.15) is 0 Å². The third-order valence-corrected chi connectivity index (χ3v) is 5.85. The molecule has 2 aromatic rings. The first-order valence-electron chi connectivity index (χ1n) is 8.49. The molecule has 0 aliphatic heterocycles. The predicted octanol–water partition coefficient (Wildman–Crippen LogP) is 3.26. The fraction of sp³-hybridized carbons (Fsp3) is 0.263. The molecule has 0 bridgehead atoms. The van der Waals surface area contributed by atoms with Crippen molar-refractivity contribution in [2.24, 2.45) is 0 Å². The van der Waals surface area contributed by atoms with Crippen LogP contribution in [0.3, 0.4) is 0 Å². The quantitative estimate of drug-likeness (QED) is 0.745. The maximum Gasteiger partial charge on any atom is 0.257 e. The van der Waals surface area contributed by atoms with Crippen LogP contribution in [0.25, 0.3) is 0 Å². The molecule has 2 N–H and O–H groups in total. The summed E-state index contributed by atoms with van der Waals surface area (Å²) < 4.78 is 27.1. The Morgan fingerprint density at radius 2 is 1.68 bits per heavy atom. The number of halogens is 1. The number of amides is 2. The monoisotopic (exact) mass is 423 g/mol. The summed E-state index contributed by atoms with van der Waals surface area (Å²) in [6, 6.07) is 10.3. The minimum atomic E-state index is -3.75. The van der Waals surface area contributed by atoms with E-state index in [1.165, 1.54) is 30.0 Å². The minimum Gasteiger partial charge on any atom is -0.322 e. The second-order valence-corrected chi connectivity index (χ2v) is 8.62.